The van der Waals surface area contributed by atoms with Gasteiger partial charge in [0.1, 0.15) is 11.5 Å². The number of hydrogen-bond donors (Lipinski definition) is 2. The van der Waals surface area contributed by atoms with Crippen molar-refractivity contribution in [1.82, 2.24) is 40.1 Å². The molecule has 4 aromatic heterocycles. The molecule has 0 aliphatic heterocycles. The van der Waals surface area contributed by atoms with Crippen LogP contribution in [0.1, 0.15) is 5.82 Å². The Hall–Kier alpha value is -3.88. The van der Waals surface area contributed by atoms with E-state index >= 15 is 0 Å². The van der Waals surface area contributed by atoms with E-state index in [-0.39, 0.29) is 5.82 Å². The normalized spacial score (nSPS) is 11.3. The van der Waals surface area contributed by atoms with Crippen LogP contribution in [0.5, 0.6) is 0 Å². The van der Waals surface area contributed by atoms with Gasteiger partial charge in [0, 0.05) is 28.9 Å². The molecule has 0 spiro atoms. The number of aromatic nitrogens is 8. The molecule has 8 nitrogen and oxygen atoms in total. The standard InChI is InChI=1S/C18H13FN8/c19-12-3-1-11(2-4-12)16-17(13-5-7-20-18-14(13)6-8-21-18)27(10-22-16)9-15-23-25-26-24-15/h1-8,10H,9H2,(H,20,21)(H,23,24,25,26). The molecule has 4 heterocycles. The minimum atomic E-state index is -0.288. The van der Waals surface area contributed by atoms with Gasteiger partial charge in [-0.1, -0.05) is 5.21 Å². The summed E-state index contributed by atoms with van der Waals surface area (Å²) in [6, 6.07) is 10.2. The Bertz CT molecular complexity index is 1200. The number of fused-ring (bicyclic) bond motifs is 1. The lowest BCUT2D eigenvalue weighted by molar-refractivity contribution is 0.628. The fourth-order valence-corrected chi connectivity index (χ4v) is 3.17. The van der Waals surface area contributed by atoms with Crippen molar-refractivity contribution in [2.75, 3.05) is 0 Å². The third-order valence-corrected chi connectivity index (χ3v) is 4.37. The summed E-state index contributed by atoms with van der Waals surface area (Å²) in [5.41, 5.74) is 4.18. The van der Waals surface area contributed by atoms with E-state index in [1.165, 1.54) is 12.1 Å². The van der Waals surface area contributed by atoms with Gasteiger partial charge in [-0.2, -0.15) is 5.21 Å². The SMILES string of the molecule is Fc1ccc(-c2ncn(Cc3nn[nH]n3)c2-c2ccnc3[nH]ccc23)cc1. The molecule has 0 atom stereocenters. The fraction of sp³-hybridized carbons (Fsp3) is 0.0556. The van der Waals surface area contributed by atoms with Crippen LogP contribution in [0.2, 0.25) is 0 Å². The molecule has 0 amide bonds. The first-order valence-electron chi connectivity index (χ1n) is 8.25. The lowest BCUT2D eigenvalue weighted by Crippen LogP contribution is -2.03. The maximum Gasteiger partial charge on any atom is 0.194 e. The van der Waals surface area contributed by atoms with Gasteiger partial charge in [0.15, 0.2) is 5.82 Å². The monoisotopic (exact) mass is 360 g/mol. The highest BCUT2D eigenvalue weighted by molar-refractivity contribution is 5.95. The van der Waals surface area contributed by atoms with Crippen molar-refractivity contribution in [2.45, 2.75) is 6.54 Å². The van der Waals surface area contributed by atoms with Crippen molar-refractivity contribution in [3.63, 3.8) is 0 Å². The summed E-state index contributed by atoms with van der Waals surface area (Å²) in [7, 11) is 0. The Balaban J connectivity index is 1.74. The highest BCUT2D eigenvalue weighted by Gasteiger charge is 2.19. The van der Waals surface area contributed by atoms with Gasteiger partial charge in [-0.3, -0.25) is 0 Å². The van der Waals surface area contributed by atoms with Crippen LogP contribution in [0, 0.1) is 5.82 Å². The Morgan fingerprint density at radius 3 is 2.74 bits per heavy atom. The van der Waals surface area contributed by atoms with E-state index < -0.39 is 0 Å². The van der Waals surface area contributed by atoms with Crippen LogP contribution in [0.25, 0.3) is 33.5 Å². The largest absolute Gasteiger partial charge is 0.346 e. The van der Waals surface area contributed by atoms with Gasteiger partial charge in [0.05, 0.1) is 24.3 Å². The van der Waals surface area contributed by atoms with Crippen LogP contribution in [0.4, 0.5) is 4.39 Å². The molecule has 5 aromatic rings. The Morgan fingerprint density at radius 1 is 1.04 bits per heavy atom. The molecule has 0 radical (unpaired) electrons. The number of benzene rings is 1. The maximum atomic E-state index is 13.4. The maximum absolute atomic E-state index is 13.4. The number of nitrogens with one attached hydrogen (secondary N) is 2. The van der Waals surface area contributed by atoms with E-state index in [9.17, 15) is 4.39 Å². The number of tetrazole rings is 1. The molecule has 5 rings (SSSR count). The molecular weight excluding hydrogens is 347 g/mol. The third kappa shape index (κ3) is 2.65. The minimum Gasteiger partial charge on any atom is -0.346 e. The number of halogens is 1. The summed E-state index contributed by atoms with van der Waals surface area (Å²) in [4.78, 5) is 12.1. The summed E-state index contributed by atoms with van der Waals surface area (Å²) >= 11 is 0. The van der Waals surface area contributed by atoms with Crippen LogP contribution >= 0.6 is 0 Å². The summed E-state index contributed by atoms with van der Waals surface area (Å²) in [6.45, 7) is 0.397. The predicted octanol–water partition coefficient (Wildman–Crippen LogP) is 2.79. The smallest absolute Gasteiger partial charge is 0.194 e. The molecule has 132 valence electrons. The van der Waals surface area contributed by atoms with Crippen molar-refractivity contribution < 1.29 is 4.39 Å². The molecule has 1 aromatic carbocycles. The molecule has 27 heavy (non-hydrogen) atoms. The van der Waals surface area contributed by atoms with Crippen LogP contribution in [0.15, 0.2) is 55.1 Å². The van der Waals surface area contributed by atoms with Crippen molar-refractivity contribution in [1.29, 1.82) is 0 Å². The second-order valence-electron chi connectivity index (χ2n) is 6.00. The highest BCUT2D eigenvalue weighted by Crippen LogP contribution is 2.35. The Kier molecular flexibility index (Phi) is 3.49. The number of imidazole rings is 1. The van der Waals surface area contributed by atoms with Crippen LogP contribution < -0.4 is 0 Å². The molecule has 0 fully saturated rings. The number of hydrogen-bond acceptors (Lipinski definition) is 5. The number of H-pyrrole nitrogens is 2. The first-order valence-corrected chi connectivity index (χ1v) is 8.25. The molecule has 0 bridgehead atoms. The van der Waals surface area contributed by atoms with Gasteiger partial charge >= 0.3 is 0 Å². The van der Waals surface area contributed by atoms with E-state index in [4.69, 9.17) is 0 Å². The van der Waals surface area contributed by atoms with Crippen molar-refractivity contribution in [3.05, 3.63) is 66.8 Å². The number of aromatic amines is 2. The van der Waals surface area contributed by atoms with Gasteiger partial charge in [0.2, 0.25) is 0 Å². The number of rotatable bonds is 4. The van der Waals surface area contributed by atoms with Crippen molar-refractivity contribution >= 4 is 11.0 Å². The number of nitrogens with zero attached hydrogens (tertiary/aromatic N) is 6. The first kappa shape index (κ1) is 15.4. The third-order valence-electron chi connectivity index (χ3n) is 4.37. The van der Waals surface area contributed by atoms with Gasteiger partial charge < -0.3 is 9.55 Å². The van der Waals surface area contributed by atoms with Crippen LogP contribution in [-0.2, 0) is 6.54 Å². The summed E-state index contributed by atoms with van der Waals surface area (Å²) in [5, 5.41) is 15.1. The first-order chi connectivity index (χ1) is 13.3. The van der Waals surface area contributed by atoms with E-state index in [2.05, 4.69) is 35.6 Å². The molecule has 9 heteroatoms. The Morgan fingerprint density at radius 2 is 1.93 bits per heavy atom. The van der Waals surface area contributed by atoms with E-state index in [1.807, 2.05) is 22.9 Å². The lowest BCUT2D eigenvalue weighted by Gasteiger charge is -2.10. The molecule has 0 saturated heterocycles. The second-order valence-corrected chi connectivity index (χ2v) is 6.00. The fourth-order valence-electron chi connectivity index (χ4n) is 3.17. The summed E-state index contributed by atoms with van der Waals surface area (Å²) < 4.78 is 15.3. The predicted molar refractivity (Wildman–Crippen MR) is 96.0 cm³/mol. The van der Waals surface area contributed by atoms with E-state index in [1.54, 1.807) is 24.7 Å². The zero-order valence-electron chi connectivity index (χ0n) is 14.0. The quantitative estimate of drug-likeness (QED) is 0.513. The van der Waals surface area contributed by atoms with Gasteiger partial charge in [-0.25, -0.2) is 14.4 Å². The van der Waals surface area contributed by atoms with Gasteiger partial charge in [-0.15, -0.1) is 10.2 Å². The van der Waals surface area contributed by atoms with Crippen molar-refractivity contribution in [2.24, 2.45) is 0 Å². The van der Waals surface area contributed by atoms with Gasteiger partial charge in [0.25, 0.3) is 0 Å². The van der Waals surface area contributed by atoms with Gasteiger partial charge in [-0.05, 0) is 36.4 Å². The topological polar surface area (TPSA) is 101 Å². The Labute approximate surface area is 152 Å². The average molecular weight is 360 g/mol. The highest BCUT2D eigenvalue weighted by atomic mass is 19.1. The minimum absolute atomic E-state index is 0.288. The molecule has 0 saturated carbocycles. The molecule has 0 unspecified atom stereocenters. The average Bonchev–Trinajstić information content (AvgIpc) is 3.43. The molecule has 0 aliphatic carbocycles. The van der Waals surface area contributed by atoms with Crippen LogP contribution in [0.3, 0.4) is 0 Å². The molecule has 2 N–H and O–H groups in total. The summed E-state index contributed by atoms with van der Waals surface area (Å²) in [6.07, 6.45) is 5.32. The van der Waals surface area contributed by atoms with Crippen molar-refractivity contribution in [3.8, 4) is 22.5 Å². The van der Waals surface area contributed by atoms with Crippen LogP contribution in [-0.4, -0.2) is 40.1 Å². The summed E-state index contributed by atoms with van der Waals surface area (Å²) in [5.74, 6) is 0.252. The zero-order chi connectivity index (χ0) is 18.2. The zero-order valence-corrected chi connectivity index (χ0v) is 14.0. The lowest BCUT2D eigenvalue weighted by atomic mass is 10.0. The second kappa shape index (κ2) is 6.13. The molecular formula is C18H13FN8. The van der Waals surface area contributed by atoms with E-state index in [0.29, 0.717) is 12.4 Å². The number of pyridine rings is 1. The van der Waals surface area contributed by atoms with E-state index in [0.717, 1.165) is 33.5 Å². The molecule has 0 aliphatic rings.